The second-order valence-corrected chi connectivity index (χ2v) is 8.47. The topological polar surface area (TPSA) is 79.3 Å². The number of hydrogen-bond acceptors (Lipinski definition) is 3. The number of rotatable bonds is 5. The molecule has 0 bridgehead atoms. The molecule has 5 rings (SSSR count). The average molecular weight is 477 g/mol. The van der Waals surface area contributed by atoms with Crippen LogP contribution in [0.1, 0.15) is 27.4 Å². The molecule has 0 spiro atoms. The van der Waals surface area contributed by atoms with Crippen molar-refractivity contribution in [1.82, 2.24) is 19.7 Å². The molecule has 2 aromatic carbocycles. The number of aromatic amines is 1. The van der Waals surface area contributed by atoms with Crippen LogP contribution in [0.3, 0.4) is 0 Å². The van der Waals surface area contributed by atoms with Crippen molar-refractivity contribution in [3.8, 4) is 0 Å². The Bertz CT molecular complexity index is 1560. The third kappa shape index (κ3) is 3.99. The van der Waals surface area contributed by atoms with Crippen LogP contribution in [0.15, 0.2) is 84.0 Å². The SMILES string of the molecule is O=C(NCC(c1ccc(Cl)cc1Cl)c1c[nH]c2ccccc12)c1cnc2ccccn2c1=O. The van der Waals surface area contributed by atoms with E-state index in [4.69, 9.17) is 23.2 Å². The Morgan fingerprint density at radius 1 is 1.06 bits per heavy atom. The Balaban J connectivity index is 1.51. The van der Waals surface area contributed by atoms with Crippen LogP contribution in [0, 0.1) is 0 Å². The van der Waals surface area contributed by atoms with Crippen LogP contribution in [-0.2, 0) is 0 Å². The number of benzene rings is 2. The first-order valence-electron chi connectivity index (χ1n) is 10.3. The molecular formula is C25H18Cl2N4O2. The number of pyridine rings is 1. The van der Waals surface area contributed by atoms with Crippen molar-refractivity contribution in [2.75, 3.05) is 6.54 Å². The minimum Gasteiger partial charge on any atom is -0.361 e. The van der Waals surface area contributed by atoms with Gasteiger partial charge in [0.1, 0.15) is 11.2 Å². The fourth-order valence-corrected chi connectivity index (χ4v) is 4.57. The lowest BCUT2D eigenvalue weighted by molar-refractivity contribution is 0.0950. The zero-order valence-corrected chi connectivity index (χ0v) is 18.8. The predicted octanol–water partition coefficient (Wildman–Crippen LogP) is 5.04. The second kappa shape index (κ2) is 8.73. The summed E-state index contributed by atoms with van der Waals surface area (Å²) in [6.45, 7) is 0.221. The van der Waals surface area contributed by atoms with Crippen molar-refractivity contribution in [3.63, 3.8) is 0 Å². The third-order valence-electron chi connectivity index (χ3n) is 5.66. The molecule has 164 valence electrons. The van der Waals surface area contributed by atoms with Crippen LogP contribution in [0.4, 0.5) is 0 Å². The summed E-state index contributed by atoms with van der Waals surface area (Å²) in [5.41, 5.74) is 2.79. The van der Waals surface area contributed by atoms with E-state index in [-0.39, 0.29) is 18.0 Å². The van der Waals surface area contributed by atoms with Crippen molar-refractivity contribution < 1.29 is 4.79 Å². The van der Waals surface area contributed by atoms with Crippen molar-refractivity contribution in [2.24, 2.45) is 0 Å². The fraction of sp³-hybridized carbons (Fsp3) is 0.0800. The smallest absolute Gasteiger partial charge is 0.270 e. The predicted molar refractivity (Wildman–Crippen MR) is 130 cm³/mol. The molecule has 3 heterocycles. The van der Waals surface area contributed by atoms with Crippen LogP contribution in [0.2, 0.25) is 10.0 Å². The van der Waals surface area contributed by atoms with Crippen molar-refractivity contribution >= 4 is 45.7 Å². The number of hydrogen-bond donors (Lipinski definition) is 2. The molecule has 0 radical (unpaired) electrons. The number of carbonyl (C=O) groups is 1. The lowest BCUT2D eigenvalue weighted by Crippen LogP contribution is -2.34. The van der Waals surface area contributed by atoms with E-state index < -0.39 is 11.5 Å². The minimum atomic E-state index is -0.499. The summed E-state index contributed by atoms with van der Waals surface area (Å²) >= 11 is 12.7. The molecule has 8 heteroatoms. The van der Waals surface area contributed by atoms with Crippen LogP contribution in [0.5, 0.6) is 0 Å². The number of carbonyl (C=O) groups excluding carboxylic acids is 1. The molecule has 0 aliphatic carbocycles. The standard InChI is InChI=1S/C25H18Cl2N4O2/c26-15-8-9-16(21(27)11-15)18(19-12-28-22-6-2-1-5-17(19)22)13-30-24(32)20-14-29-23-7-3-4-10-31(23)25(20)33/h1-12,14,18,28H,13H2,(H,30,32). The molecule has 0 fully saturated rings. The monoisotopic (exact) mass is 476 g/mol. The minimum absolute atomic E-state index is 0.0291. The normalized spacial score (nSPS) is 12.2. The van der Waals surface area contributed by atoms with Crippen molar-refractivity contribution in [3.05, 3.63) is 116 Å². The van der Waals surface area contributed by atoms with Gasteiger partial charge in [-0.3, -0.25) is 14.0 Å². The van der Waals surface area contributed by atoms with Crippen molar-refractivity contribution in [2.45, 2.75) is 5.92 Å². The van der Waals surface area contributed by atoms with E-state index >= 15 is 0 Å². The highest BCUT2D eigenvalue weighted by Crippen LogP contribution is 2.35. The molecule has 0 aliphatic heterocycles. The summed E-state index contributed by atoms with van der Waals surface area (Å²) in [5.74, 6) is -0.772. The molecule has 1 amide bonds. The number of nitrogens with one attached hydrogen (secondary N) is 2. The lowest BCUT2D eigenvalue weighted by Gasteiger charge is -2.19. The summed E-state index contributed by atoms with van der Waals surface area (Å²) < 4.78 is 1.35. The Hall–Kier alpha value is -3.61. The maximum Gasteiger partial charge on any atom is 0.270 e. The maximum atomic E-state index is 13.0. The van der Waals surface area contributed by atoms with E-state index in [0.717, 1.165) is 22.0 Å². The van der Waals surface area contributed by atoms with Gasteiger partial charge in [0.25, 0.3) is 11.5 Å². The molecule has 0 saturated heterocycles. The third-order valence-corrected chi connectivity index (χ3v) is 6.22. The number of fused-ring (bicyclic) bond motifs is 2. The van der Waals surface area contributed by atoms with Crippen LogP contribution in [-0.4, -0.2) is 26.8 Å². The van der Waals surface area contributed by atoms with E-state index in [1.807, 2.05) is 36.5 Å². The molecule has 33 heavy (non-hydrogen) atoms. The van der Waals surface area contributed by atoms with Crippen LogP contribution in [0.25, 0.3) is 16.6 Å². The number of amides is 1. The Morgan fingerprint density at radius 2 is 1.88 bits per heavy atom. The first-order chi connectivity index (χ1) is 16.0. The van der Waals surface area contributed by atoms with Gasteiger partial charge in [-0.15, -0.1) is 0 Å². The fourth-order valence-electron chi connectivity index (χ4n) is 4.03. The lowest BCUT2D eigenvalue weighted by atomic mass is 9.90. The molecule has 2 N–H and O–H groups in total. The average Bonchev–Trinajstić information content (AvgIpc) is 3.25. The summed E-state index contributed by atoms with van der Waals surface area (Å²) in [7, 11) is 0. The van der Waals surface area contributed by atoms with Gasteiger partial charge < -0.3 is 10.3 Å². The highest BCUT2D eigenvalue weighted by Gasteiger charge is 2.23. The maximum absolute atomic E-state index is 13.0. The summed E-state index contributed by atoms with van der Waals surface area (Å²) in [4.78, 5) is 33.3. The van der Waals surface area contributed by atoms with Gasteiger partial charge in [-0.1, -0.05) is 53.5 Å². The molecule has 1 atom stereocenters. The first kappa shape index (κ1) is 21.2. The van der Waals surface area contributed by atoms with Crippen molar-refractivity contribution in [1.29, 1.82) is 0 Å². The molecule has 0 aliphatic rings. The number of H-pyrrole nitrogens is 1. The quantitative estimate of drug-likeness (QED) is 0.372. The second-order valence-electron chi connectivity index (χ2n) is 7.62. The number of nitrogens with zero attached hydrogens (tertiary/aromatic N) is 2. The largest absolute Gasteiger partial charge is 0.361 e. The van der Waals surface area contributed by atoms with Crippen LogP contribution >= 0.6 is 23.2 Å². The number of aromatic nitrogens is 3. The van der Waals surface area contributed by atoms with E-state index in [0.29, 0.717) is 15.7 Å². The molecular weight excluding hydrogens is 459 g/mol. The van der Waals surface area contributed by atoms with Gasteiger partial charge >= 0.3 is 0 Å². The Morgan fingerprint density at radius 3 is 2.73 bits per heavy atom. The molecule has 5 aromatic rings. The highest BCUT2D eigenvalue weighted by molar-refractivity contribution is 6.35. The van der Waals surface area contributed by atoms with Gasteiger partial charge in [-0.2, -0.15) is 0 Å². The molecule has 6 nitrogen and oxygen atoms in total. The van der Waals surface area contributed by atoms with Crippen LogP contribution < -0.4 is 10.9 Å². The summed E-state index contributed by atoms with van der Waals surface area (Å²) in [6, 6.07) is 18.4. The zero-order chi connectivity index (χ0) is 22.9. The molecule has 3 aromatic heterocycles. The van der Waals surface area contributed by atoms with E-state index in [1.165, 1.54) is 10.6 Å². The van der Waals surface area contributed by atoms with Gasteiger partial charge in [0, 0.05) is 52.0 Å². The highest BCUT2D eigenvalue weighted by atomic mass is 35.5. The van der Waals surface area contributed by atoms with Gasteiger partial charge in [-0.25, -0.2) is 4.98 Å². The molecule has 1 unspecified atom stereocenters. The number of halogens is 2. The summed E-state index contributed by atoms with van der Waals surface area (Å²) in [6.07, 6.45) is 4.81. The van der Waals surface area contributed by atoms with Gasteiger partial charge in [0.2, 0.25) is 0 Å². The Labute approximate surface area is 198 Å². The Kier molecular flexibility index (Phi) is 5.62. The molecule has 0 saturated carbocycles. The van der Waals surface area contributed by atoms with Gasteiger partial charge in [-0.05, 0) is 41.5 Å². The number of para-hydroxylation sites is 1. The first-order valence-corrected chi connectivity index (χ1v) is 11.0. The van der Waals surface area contributed by atoms with E-state index in [9.17, 15) is 9.59 Å². The summed E-state index contributed by atoms with van der Waals surface area (Å²) in [5, 5.41) is 4.95. The zero-order valence-electron chi connectivity index (χ0n) is 17.3. The van der Waals surface area contributed by atoms with E-state index in [1.54, 1.807) is 36.5 Å². The van der Waals surface area contributed by atoms with Gasteiger partial charge in [0.05, 0.1) is 0 Å². The van der Waals surface area contributed by atoms with E-state index in [2.05, 4.69) is 15.3 Å². The van der Waals surface area contributed by atoms with Gasteiger partial charge in [0.15, 0.2) is 0 Å².